The molecular formula is C19H20N2O5S. The van der Waals surface area contributed by atoms with Crippen LogP contribution in [0.5, 0.6) is 17.2 Å². The van der Waals surface area contributed by atoms with Crippen LogP contribution in [0.25, 0.3) is 6.08 Å². The van der Waals surface area contributed by atoms with Crippen molar-refractivity contribution in [1.82, 2.24) is 0 Å². The fourth-order valence-electron chi connectivity index (χ4n) is 2.24. The van der Waals surface area contributed by atoms with Crippen LogP contribution in [0.2, 0.25) is 0 Å². The van der Waals surface area contributed by atoms with Gasteiger partial charge in [0.1, 0.15) is 11.8 Å². The molecule has 0 amide bonds. The lowest BCUT2D eigenvalue weighted by Crippen LogP contribution is -2.14. The molecule has 0 spiro atoms. The lowest BCUT2D eigenvalue weighted by Gasteiger charge is -2.10. The van der Waals surface area contributed by atoms with Crippen LogP contribution in [0.15, 0.2) is 47.4 Å². The highest BCUT2D eigenvalue weighted by Gasteiger charge is 2.18. The zero-order valence-corrected chi connectivity index (χ0v) is 16.0. The van der Waals surface area contributed by atoms with Gasteiger partial charge in [0.15, 0.2) is 16.4 Å². The first kappa shape index (κ1) is 20.1. The van der Waals surface area contributed by atoms with Gasteiger partial charge in [-0.05, 0) is 55.0 Å². The van der Waals surface area contributed by atoms with Crippen LogP contribution in [-0.4, -0.2) is 29.2 Å². The number of hydrogen-bond donors (Lipinski definition) is 1. The Hall–Kier alpha value is -3.18. The number of allylic oxidation sites excluding steroid dienone is 1. The minimum Gasteiger partial charge on any atom is -0.497 e. The Kier molecular flexibility index (Phi) is 6.68. The molecule has 0 unspecified atom stereocenters. The summed E-state index contributed by atoms with van der Waals surface area (Å²) in [7, 11) is -1.05. The van der Waals surface area contributed by atoms with Gasteiger partial charge in [0, 0.05) is 5.69 Å². The van der Waals surface area contributed by atoms with Crippen LogP contribution in [0, 0.1) is 11.3 Å². The van der Waals surface area contributed by atoms with E-state index in [1.807, 2.05) is 6.92 Å². The maximum atomic E-state index is 12.5. The molecule has 142 valence electrons. The van der Waals surface area contributed by atoms with Crippen LogP contribution in [0.4, 0.5) is 5.69 Å². The summed E-state index contributed by atoms with van der Waals surface area (Å²) in [6.07, 6.45) is 1.27. The number of anilines is 1. The van der Waals surface area contributed by atoms with E-state index >= 15 is 0 Å². The van der Waals surface area contributed by atoms with Crippen molar-refractivity contribution >= 4 is 21.8 Å². The number of nitrogens with one attached hydrogen (secondary N) is 1. The van der Waals surface area contributed by atoms with Gasteiger partial charge in [-0.3, -0.25) is 4.72 Å². The van der Waals surface area contributed by atoms with Gasteiger partial charge in [-0.15, -0.1) is 0 Å². The Bertz CT molecular complexity index is 961. The molecule has 0 saturated heterocycles. The number of sulfonamides is 1. The maximum Gasteiger partial charge on any atom is 0.272 e. The Morgan fingerprint density at radius 3 is 2.37 bits per heavy atom. The van der Waals surface area contributed by atoms with Gasteiger partial charge in [-0.25, -0.2) is 8.42 Å². The minimum atomic E-state index is -4.05. The second kappa shape index (κ2) is 8.96. The number of ether oxygens (including phenoxy) is 3. The molecule has 0 saturated carbocycles. The summed E-state index contributed by atoms with van der Waals surface area (Å²) in [5.74, 6) is 1.58. The lowest BCUT2D eigenvalue weighted by molar-refractivity contribution is 0.311. The zero-order chi connectivity index (χ0) is 19.9. The maximum absolute atomic E-state index is 12.5. The third-order valence-electron chi connectivity index (χ3n) is 3.53. The summed E-state index contributed by atoms with van der Waals surface area (Å²) in [6.45, 7) is 2.31. The Morgan fingerprint density at radius 1 is 1.11 bits per heavy atom. The van der Waals surface area contributed by atoms with Gasteiger partial charge >= 0.3 is 0 Å². The number of nitrogens with zero attached hydrogens (tertiary/aromatic N) is 1. The van der Waals surface area contributed by atoms with Crippen LogP contribution < -0.4 is 18.9 Å². The molecule has 0 fully saturated rings. The molecule has 0 heterocycles. The normalized spacial score (nSPS) is 11.4. The summed E-state index contributed by atoms with van der Waals surface area (Å²) in [6, 6.07) is 13.0. The van der Waals surface area contributed by atoms with Gasteiger partial charge in [0.05, 0.1) is 20.8 Å². The van der Waals surface area contributed by atoms with Crippen molar-refractivity contribution in [2.45, 2.75) is 6.92 Å². The van der Waals surface area contributed by atoms with E-state index in [2.05, 4.69) is 4.72 Å². The Balaban J connectivity index is 2.32. The number of rotatable bonds is 8. The van der Waals surface area contributed by atoms with Crippen LogP contribution >= 0.6 is 0 Å². The second-order valence-corrected chi connectivity index (χ2v) is 6.95. The third-order valence-corrected chi connectivity index (χ3v) is 4.82. The smallest absolute Gasteiger partial charge is 0.272 e. The Morgan fingerprint density at radius 2 is 1.81 bits per heavy atom. The highest BCUT2D eigenvalue weighted by Crippen LogP contribution is 2.29. The van der Waals surface area contributed by atoms with Crippen molar-refractivity contribution < 1.29 is 22.6 Å². The number of nitriles is 1. The fraction of sp³-hybridized carbons (Fsp3) is 0.211. The summed E-state index contributed by atoms with van der Waals surface area (Å²) < 4.78 is 43.1. The molecule has 2 aromatic rings. The average molecular weight is 388 g/mol. The van der Waals surface area contributed by atoms with E-state index < -0.39 is 14.9 Å². The molecule has 0 aliphatic carbocycles. The molecule has 0 radical (unpaired) electrons. The minimum absolute atomic E-state index is 0.321. The summed E-state index contributed by atoms with van der Waals surface area (Å²) in [4.78, 5) is -0.426. The van der Waals surface area contributed by atoms with E-state index in [-0.39, 0.29) is 0 Å². The molecule has 0 atom stereocenters. The molecular weight excluding hydrogens is 368 g/mol. The fourth-order valence-corrected chi connectivity index (χ4v) is 3.21. The summed E-state index contributed by atoms with van der Waals surface area (Å²) in [5.41, 5.74) is 0.813. The number of hydrogen-bond acceptors (Lipinski definition) is 6. The topological polar surface area (TPSA) is 97.7 Å². The van der Waals surface area contributed by atoms with Gasteiger partial charge in [-0.2, -0.15) is 5.26 Å². The van der Waals surface area contributed by atoms with E-state index in [1.54, 1.807) is 48.5 Å². The highest BCUT2D eigenvalue weighted by molar-refractivity contribution is 7.96. The van der Waals surface area contributed by atoms with Gasteiger partial charge in [-0.1, -0.05) is 6.07 Å². The molecule has 7 nitrogen and oxygen atoms in total. The van der Waals surface area contributed by atoms with E-state index in [9.17, 15) is 13.7 Å². The predicted molar refractivity (Wildman–Crippen MR) is 103 cm³/mol. The molecule has 27 heavy (non-hydrogen) atoms. The zero-order valence-electron chi connectivity index (χ0n) is 15.2. The molecule has 2 rings (SSSR count). The van der Waals surface area contributed by atoms with Gasteiger partial charge in [0.2, 0.25) is 0 Å². The molecule has 1 N–H and O–H groups in total. The summed E-state index contributed by atoms with van der Waals surface area (Å²) in [5, 5.41) is 9.34. The Labute approximate surface area is 158 Å². The van der Waals surface area contributed by atoms with Crippen LogP contribution in [-0.2, 0) is 10.0 Å². The highest BCUT2D eigenvalue weighted by atomic mass is 32.2. The molecule has 0 aliphatic rings. The number of methoxy groups -OCH3 is 2. The standard InChI is InChI=1S/C19H20N2O5S/c1-4-26-18-10-5-14(12-19(18)25-3)11-17(13-20)27(22,23)21-15-6-8-16(24-2)9-7-15/h5-12,21H,4H2,1-3H3. The van der Waals surface area contributed by atoms with Gasteiger partial charge in [0.25, 0.3) is 10.0 Å². The van der Waals surface area contributed by atoms with E-state index in [0.29, 0.717) is 35.1 Å². The first-order valence-electron chi connectivity index (χ1n) is 8.03. The van der Waals surface area contributed by atoms with Crippen molar-refractivity contribution in [2.75, 3.05) is 25.5 Å². The van der Waals surface area contributed by atoms with Crippen molar-refractivity contribution in [3.8, 4) is 23.3 Å². The second-order valence-electron chi connectivity index (χ2n) is 5.30. The first-order chi connectivity index (χ1) is 12.9. The molecule has 0 bridgehead atoms. The third kappa shape index (κ3) is 5.15. The SMILES string of the molecule is CCOc1ccc(C=C(C#N)S(=O)(=O)Nc2ccc(OC)cc2)cc1OC. The van der Waals surface area contributed by atoms with E-state index in [1.165, 1.54) is 20.3 Å². The quantitative estimate of drug-likeness (QED) is 0.696. The number of benzene rings is 2. The average Bonchev–Trinajstić information content (AvgIpc) is 2.67. The van der Waals surface area contributed by atoms with Crippen LogP contribution in [0.3, 0.4) is 0 Å². The molecule has 8 heteroatoms. The van der Waals surface area contributed by atoms with Crippen LogP contribution in [0.1, 0.15) is 12.5 Å². The largest absolute Gasteiger partial charge is 0.497 e. The molecule has 0 aliphatic heterocycles. The van der Waals surface area contributed by atoms with Gasteiger partial charge < -0.3 is 14.2 Å². The summed E-state index contributed by atoms with van der Waals surface area (Å²) >= 11 is 0. The van der Waals surface area contributed by atoms with Crippen molar-refractivity contribution in [2.24, 2.45) is 0 Å². The van der Waals surface area contributed by atoms with Crippen molar-refractivity contribution in [1.29, 1.82) is 5.26 Å². The predicted octanol–water partition coefficient (Wildman–Crippen LogP) is 3.41. The van der Waals surface area contributed by atoms with Crippen molar-refractivity contribution in [3.05, 3.63) is 52.9 Å². The van der Waals surface area contributed by atoms with Crippen molar-refractivity contribution in [3.63, 3.8) is 0 Å². The first-order valence-corrected chi connectivity index (χ1v) is 9.51. The van der Waals surface area contributed by atoms with E-state index in [4.69, 9.17) is 14.2 Å². The lowest BCUT2D eigenvalue weighted by atomic mass is 10.2. The molecule has 2 aromatic carbocycles. The van der Waals surface area contributed by atoms with E-state index in [0.717, 1.165) is 0 Å². The monoisotopic (exact) mass is 388 g/mol. The molecule has 0 aromatic heterocycles.